The van der Waals surface area contributed by atoms with Crippen LogP contribution >= 0.6 is 0 Å². The Balaban J connectivity index is 2.72. The third-order valence-electron chi connectivity index (χ3n) is 2.99. The average Bonchev–Trinajstić information content (AvgIpc) is 2.53. The van der Waals surface area contributed by atoms with Crippen molar-refractivity contribution in [1.29, 1.82) is 0 Å². The van der Waals surface area contributed by atoms with Crippen molar-refractivity contribution in [3.05, 3.63) is 23.3 Å². The van der Waals surface area contributed by atoms with Gasteiger partial charge in [-0.15, -0.1) is 0 Å². The molecule has 0 aliphatic rings. The fraction of sp³-hybridized carbons (Fsp3) is 0.615. The van der Waals surface area contributed by atoms with Crippen molar-refractivity contribution in [1.82, 2.24) is 14.9 Å². The minimum Gasteiger partial charge on any atom is -0.320 e. The van der Waals surface area contributed by atoms with E-state index < -0.39 is 0 Å². The van der Waals surface area contributed by atoms with Gasteiger partial charge in [0.2, 0.25) is 0 Å². The van der Waals surface area contributed by atoms with Crippen molar-refractivity contribution in [3.63, 3.8) is 0 Å². The maximum absolute atomic E-state index is 4.39. The molecule has 3 nitrogen and oxygen atoms in total. The Kier molecular flexibility index (Phi) is 4.74. The predicted molar refractivity (Wildman–Crippen MR) is 69.4 cm³/mol. The second-order valence-electron chi connectivity index (χ2n) is 4.50. The highest BCUT2D eigenvalue weighted by molar-refractivity contribution is 5.33. The maximum Gasteiger partial charge on any atom is 0.109 e. The molecule has 0 aliphatic carbocycles. The topological polar surface area (TPSA) is 29.9 Å². The van der Waals surface area contributed by atoms with E-state index in [0.29, 0.717) is 5.92 Å². The Morgan fingerprint density at radius 1 is 1.56 bits per heavy atom. The molecule has 1 aromatic heterocycles. The molecule has 1 N–H and O–H groups in total. The second kappa shape index (κ2) is 5.85. The molecule has 0 aromatic carbocycles. The summed E-state index contributed by atoms with van der Waals surface area (Å²) in [6.07, 6.45) is 5.44. The quantitative estimate of drug-likeness (QED) is 0.828. The Morgan fingerprint density at radius 3 is 2.75 bits per heavy atom. The van der Waals surface area contributed by atoms with Crippen molar-refractivity contribution in [3.8, 4) is 0 Å². The van der Waals surface area contributed by atoms with E-state index in [1.54, 1.807) is 0 Å². The van der Waals surface area contributed by atoms with Crippen LogP contribution in [-0.2, 0) is 0 Å². The van der Waals surface area contributed by atoms with Crippen molar-refractivity contribution in [2.75, 3.05) is 13.6 Å². The van der Waals surface area contributed by atoms with E-state index in [1.807, 2.05) is 20.9 Å². The first-order valence-corrected chi connectivity index (χ1v) is 5.89. The van der Waals surface area contributed by atoms with Gasteiger partial charge in [-0.25, -0.2) is 4.98 Å². The molecule has 0 radical (unpaired) electrons. The molecule has 90 valence electrons. The van der Waals surface area contributed by atoms with Crippen LogP contribution < -0.4 is 5.32 Å². The third-order valence-corrected chi connectivity index (χ3v) is 2.99. The van der Waals surface area contributed by atoms with Crippen molar-refractivity contribution < 1.29 is 0 Å². The summed E-state index contributed by atoms with van der Waals surface area (Å²) in [7, 11) is 2.00. The zero-order chi connectivity index (χ0) is 12.1. The molecule has 0 spiro atoms. The Hall–Kier alpha value is -1.09. The number of allylic oxidation sites excluding steroid dienone is 1. The van der Waals surface area contributed by atoms with Gasteiger partial charge in [-0.2, -0.15) is 0 Å². The normalized spacial score (nSPS) is 14.2. The lowest BCUT2D eigenvalue weighted by Crippen LogP contribution is -2.12. The first-order valence-electron chi connectivity index (χ1n) is 5.89. The van der Waals surface area contributed by atoms with Crippen LogP contribution in [0, 0.1) is 19.8 Å². The zero-order valence-corrected chi connectivity index (χ0v) is 11.0. The number of imidazole rings is 1. The summed E-state index contributed by atoms with van der Waals surface area (Å²) in [6, 6.07) is 0. The molecule has 0 saturated heterocycles. The summed E-state index contributed by atoms with van der Waals surface area (Å²) >= 11 is 0. The van der Waals surface area contributed by atoms with E-state index in [-0.39, 0.29) is 0 Å². The number of nitrogens with one attached hydrogen (secondary N) is 1. The summed E-state index contributed by atoms with van der Waals surface area (Å²) in [5.41, 5.74) is 2.47. The number of aryl methyl sites for hydroxylation is 2. The smallest absolute Gasteiger partial charge is 0.109 e. The minimum absolute atomic E-state index is 0.606. The zero-order valence-electron chi connectivity index (χ0n) is 11.0. The molecule has 3 heteroatoms. The largest absolute Gasteiger partial charge is 0.320 e. The van der Waals surface area contributed by atoms with E-state index in [4.69, 9.17) is 0 Å². The van der Waals surface area contributed by atoms with Gasteiger partial charge in [0.15, 0.2) is 0 Å². The van der Waals surface area contributed by atoms with Gasteiger partial charge >= 0.3 is 0 Å². The predicted octanol–water partition coefficient (Wildman–Crippen LogP) is 2.61. The van der Waals surface area contributed by atoms with Crippen LogP contribution in [0.15, 0.2) is 11.8 Å². The molecular formula is C13H23N3. The van der Waals surface area contributed by atoms with Crippen LogP contribution in [0.5, 0.6) is 0 Å². The van der Waals surface area contributed by atoms with E-state index in [0.717, 1.165) is 18.1 Å². The van der Waals surface area contributed by atoms with Crippen LogP contribution in [0.4, 0.5) is 0 Å². The van der Waals surface area contributed by atoms with Gasteiger partial charge in [0.25, 0.3) is 0 Å². The summed E-state index contributed by atoms with van der Waals surface area (Å²) < 4.78 is 2.11. The van der Waals surface area contributed by atoms with E-state index in [9.17, 15) is 0 Å². The number of nitrogens with zero attached hydrogens (tertiary/aromatic N) is 2. The van der Waals surface area contributed by atoms with Crippen LogP contribution in [0.25, 0.3) is 6.20 Å². The van der Waals surface area contributed by atoms with E-state index in [1.165, 1.54) is 12.0 Å². The molecule has 0 aliphatic heterocycles. The number of hydrogen-bond acceptors (Lipinski definition) is 2. The number of hydrogen-bond donors (Lipinski definition) is 1. The number of rotatable bonds is 5. The highest BCUT2D eigenvalue weighted by Crippen LogP contribution is 2.15. The standard InChI is InChI=1S/C13H23N3/c1-10(6-7-14-5)11(2)8-16-9-12(3)15-13(16)4/h8-10,14H,6-7H2,1-5H3/b11-8+. The molecule has 1 atom stereocenters. The first-order chi connectivity index (χ1) is 7.54. The molecule has 1 rings (SSSR count). The van der Waals surface area contributed by atoms with Crippen LogP contribution in [0.2, 0.25) is 0 Å². The summed E-state index contributed by atoms with van der Waals surface area (Å²) in [5.74, 6) is 1.66. The SMILES string of the molecule is CNCCC(C)/C(C)=C/n1cc(C)nc1C. The summed E-state index contributed by atoms with van der Waals surface area (Å²) in [5, 5.41) is 3.19. The molecule has 1 heterocycles. The maximum atomic E-state index is 4.39. The molecule has 0 fully saturated rings. The lowest BCUT2D eigenvalue weighted by molar-refractivity contribution is 0.585. The monoisotopic (exact) mass is 221 g/mol. The van der Waals surface area contributed by atoms with Crippen molar-refractivity contribution >= 4 is 6.20 Å². The average molecular weight is 221 g/mol. The Morgan fingerprint density at radius 2 is 2.25 bits per heavy atom. The summed E-state index contributed by atoms with van der Waals surface area (Å²) in [6.45, 7) is 9.58. The number of aromatic nitrogens is 2. The van der Waals surface area contributed by atoms with Crippen molar-refractivity contribution in [2.24, 2.45) is 5.92 Å². The van der Waals surface area contributed by atoms with Gasteiger partial charge in [0.1, 0.15) is 5.82 Å². The molecule has 0 bridgehead atoms. The van der Waals surface area contributed by atoms with Gasteiger partial charge in [0.05, 0.1) is 5.69 Å². The Labute approximate surface area is 98.6 Å². The second-order valence-corrected chi connectivity index (χ2v) is 4.50. The van der Waals surface area contributed by atoms with Gasteiger partial charge in [-0.1, -0.05) is 12.5 Å². The van der Waals surface area contributed by atoms with Crippen LogP contribution in [0.3, 0.4) is 0 Å². The summed E-state index contributed by atoms with van der Waals surface area (Å²) in [4.78, 5) is 4.39. The molecule has 1 unspecified atom stereocenters. The fourth-order valence-electron chi connectivity index (χ4n) is 1.70. The third kappa shape index (κ3) is 3.49. The minimum atomic E-state index is 0.606. The van der Waals surface area contributed by atoms with Gasteiger partial charge in [-0.05, 0) is 46.7 Å². The van der Waals surface area contributed by atoms with Crippen LogP contribution in [0.1, 0.15) is 31.8 Å². The van der Waals surface area contributed by atoms with Gasteiger partial charge in [0, 0.05) is 12.4 Å². The molecule has 0 saturated carbocycles. The highest BCUT2D eigenvalue weighted by Gasteiger charge is 2.05. The Bertz CT molecular complexity index is 363. The highest BCUT2D eigenvalue weighted by atomic mass is 15.0. The van der Waals surface area contributed by atoms with Gasteiger partial charge in [-0.3, -0.25) is 0 Å². The molecule has 16 heavy (non-hydrogen) atoms. The first kappa shape index (κ1) is 13.0. The molecular weight excluding hydrogens is 198 g/mol. The van der Waals surface area contributed by atoms with Crippen LogP contribution in [-0.4, -0.2) is 23.1 Å². The lowest BCUT2D eigenvalue weighted by atomic mass is 10.00. The van der Waals surface area contributed by atoms with E-state index >= 15 is 0 Å². The van der Waals surface area contributed by atoms with E-state index in [2.05, 4.69) is 41.1 Å². The van der Waals surface area contributed by atoms with Gasteiger partial charge < -0.3 is 9.88 Å². The molecule has 1 aromatic rings. The fourth-order valence-corrected chi connectivity index (χ4v) is 1.70. The molecule has 0 amide bonds. The lowest BCUT2D eigenvalue weighted by Gasteiger charge is -2.12. The van der Waals surface area contributed by atoms with Crippen molar-refractivity contribution in [2.45, 2.75) is 34.1 Å².